The first kappa shape index (κ1) is 15.5. The molecule has 1 atom stereocenters. The SMILES string of the molecule is CCCC(NS(=O)(=O)c1ccc(F)c(F)c1)C(=N)N. The molecule has 19 heavy (non-hydrogen) atoms. The number of rotatable bonds is 6. The normalized spacial score (nSPS) is 13.2. The summed E-state index contributed by atoms with van der Waals surface area (Å²) >= 11 is 0. The molecule has 0 radical (unpaired) electrons. The first-order chi connectivity index (χ1) is 8.77. The van der Waals surface area contributed by atoms with Crippen molar-refractivity contribution in [1.82, 2.24) is 4.72 Å². The summed E-state index contributed by atoms with van der Waals surface area (Å²) in [7, 11) is -4.04. The van der Waals surface area contributed by atoms with Crippen LogP contribution in [0.4, 0.5) is 8.78 Å². The van der Waals surface area contributed by atoms with Gasteiger partial charge in [-0.1, -0.05) is 13.3 Å². The van der Waals surface area contributed by atoms with Gasteiger partial charge in [-0.2, -0.15) is 0 Å². The van der Waals surface area contributed by atoms with Crippen molar-refractivity contribution in [2.75, 3.05) is 0 Å². The Morgan fingerprint density at radius 1 is 1.42 bits per heavy atom. The van der Waals surface area contributed by atoms with E-state index in [4.69, 9.17) is 11.1 Å². The Balaban J connectivity index is 3.03. The topological polar surface area (TPSA) is 96.0 Å². The molecule has 0 aromatic heterocycles. The number of sulfonamides is 1. The zero-order chi connectivity index (χ0) is 14.6. The summed E-state index contributed by atoms with van der Waals surface area (Å²) in [5.41, 5.74) is 5.28. The zero-order valence-electron chi connectivity index (χ0n) is 10.3. The molecule has 0 amide bonds. The van der Waals surface area contributed by atoms with Gasteiger partial charge in [0, 0.05) is 0 Å². The Morgan fingerprint density at radius 3 is 2.53 bits per heavy atom. The van der Waals surface area contributed by atoms with Gasteiger partial charge in [-0.25, -0.2) is 21.9 Å². The van der Waals surface area contributed by atoms with Crippen LogP contribution in [-0.4, -0.2) is 20.3 Å². The van der Waals surface area contributed by atoms with Gasteiger partial charge in [-0.15, -0.1) is 0 Å². The summed E-state index contributed by atoms with van der Waals surface area (Å²) in [4.78, 5) is -0.409. The van der Waals surface area contributed by atoms with Crippen molar-refractivity contribution in [1.29, 1.82) is 5.41 Å². The van der Waals surface area contributed by atoms with E-state index in [2.05, 4.69) is 4.72 Å². The molecule has 1 unspecified atom stereocenters. The molecule has 5 nitrogen and oxygen atoms in total. The van der Waals surface area contributed by atoms with E-state index >= 15 is 0 Å². The van der Waals surface area contributed by atoms with Gasteiger partial charge in [0.1, 0.15) is 5.84 Å². The van der Waals surface area contributed by atoms with E-state index in [1.165, 1.54) is 0 Å². The fourth-order valence-electron chi connectivity index (χ4n) is 1.47. The number of nitrogens with one attached hydrogen (secondary N) is 2. The highest BCUT2D eigenvalue weighted by Crippen LogP contribution is 2.14. The Hall–Kier alpha value is -1.54. The lowest BCUT2D eigenvalue weighted by molar-refractivity contribution is 0.503. The molecule has 106 valence electrons. The Kier molecular flexibility index (Phi) is 4.96. The van der Waals surface area contributed by atoms with Crippen molar-refractivity contribution in [3.05, 3.63) is 29.8 Å². The van der Waals surface area contributed by atoms with Crippen molar-refractivity contribution in [3.63, 3.8) is 0 Å². The van der Waals surface area contributed by atoms with Crippen LogP contribution in [0.5, 0.6) is 0 Å². The molecule has 4 N–H and O–H groups in total. The number of amidine groups is 1. The highest BCUT2D eigenvalue weighted by atomic mass is 32.2. The number of hydrogen-bond acceptors (Lipinski definition) is 3. The maximum Gasteiger partial charge on any atom is 0.241 e. The number of nitrogens with two attached hydrogens (primary N) is 1. The molecule has 0 bridgehead atoms. The summed E-state index contributed by atoms with van der Waals surface area (Å²) in [5, 5.41) is 7.29. The highest BCUT2D eigenvalue weighted by molar-refractivity contribution is 7.89. The number of halogens is 2. The quantitative estimate of drug-likeness (QED) is 0.545. The average Bonchev–Trinajstić information content (AvgIpc) is 2.31. The summed E-state index contributed by atoms with van der Waals surface area (Å²) < 4.78 is 51.8. The lowest BCUT2D eigenvalue weighted by Crippen LogP contribution is -2.43. The van der Waals surface area contributed by atoms with Gasteiger partial charge >= 0.3 is 0 Å². The monoisotopic (exact) mass is 291 g/mol. The number of benzene rings is 1. The van der Waals surface area contributed by atoms with Gasteiger partial charge in [0.25, 0.3) is 0 Å². The van der Waals surface area contributed by atoms with E-state index in [1.807, 2.05) is 6.92 Å². The zero-order valence-corrected chi connectivity index (χ0v) is 11.1. The minimum absolute atomic E-state index is 0.326. The maximum absolute atomic E-state index is 13.0. The van der Waals surface area contributed by atoms with E-state index in [9.17, 15) is 17.2 Å². The second-order valence-electron chi connectivity index (χ2n) is 3.99. The van der Waals surface area contributed by atoms with Crippen LogP contribution in [0.2, 0.25) is 0 Å². The minimum Gasteiger partial charge on any atom is -0.386 e. The molecule has 1 aromatic carbocycles. The fourth-order valence-corrected chi connectivity index (χ4v) is 2.73. The molecular weight excluding hydrogens is 276 g/mol. The second kappa shape index (κ2) is 6.07. The van der Waals surface area contributed by atoms with Crippen LogP contribution in [0.3, 0.4) is 0 Å². The van der Waals surface area contributed by atoms with Crippen molar-refractivity contribution in [3.8, 4) is 0 Å². The van der Waals surface area contributed by atoms with Crippen molar-refractivity contribution in [2.45, 2.75) is 30.7 Å². The van der Waals surface area contributed by atoms with E-state index in [-0.39, 0.29) is 5.84 Å². The fraction of sp³-hybridized carbons (Fsp3) is 0.364. The maximum atomic E-state index is 13.0. The van der Waals surface area contributed by atoms with Gasteiger partial charge in [-0.3, -0.25) is 5.41 Å². The van der Waals surface area contributed by atoms with Crippen molar-refractivity contribution >= 4 is 15.9 Å². The first-order valence-electron chi connectivity index (χ1n) is 5.59. The molecule has 8 heteroatoms. The molecule has 0 aliphatic rings. The summed E-state index contributed by atoms with van der Waals surface area (Å²) in [5.74, 6) is -2.71. The van der Waals surface area contributed by atoms with Crippen LogP contribution in [0.1, 0.15) is 19.8 Å². The third-order valence-corrected chi connectivity index (χ3v) is 3.92. The second-order valence-corrected chi connectivity index (χ2v) is 5.71. The lowest BCUT2D eigenvalue weighted by Gasteiger charge is -2.16. The molecule has 0 heterocycles. The Morgan fingerprint density at radius 2 is 2.05 bits per heavy atom. The predicted octanol–water partition coefficient (Wildman–Crippen LogP) is 1.35. The van der Waals surface area contributed by atoms with Crippen molar-refractivity contribution < 1.29 is 17.2 Å². The third kappa shape index (κ3) is 3.97. The van der Waals surface area contributed by atoms with Gasteiger partial charge in [-0.05, 0) is 24.6 Å². The van der Waals surface area contributed by atoms with E-state index in [0.717, 1.165) is 12.1 Å². The Labute approximate surface area is 110 Å². The predicted molar refractivity (Wildman–Crippen MR) is 67.3 cm³/mol. The molecule has 0 saturated heterocycles. The lowest BCUT2D eigenvalue weighted by atomic mass is 10.2. The van der Waals surface area contributed by atoms with Crippen LogP contribution in [0, 0.1) is 17.0 Å². The van der Waals surface area contributed by atoms with Crippen LogP contribution >= 0.6 is 0 Å². The van der Waals surface area contributed by atoms with Gasteiger partial charge in [0.15, 0.2) is 11.6 Å². The molecule has 0 fully saturated rings. The van der Waals surface area contributed by atoms with Crippen molar-refractivity contribution in [2.24, 2.45) is 5.73 Å². The third-order valence-electron chi connectivity index (χ3n) is 2.45. The van der Waals surface area contributed by atoms with Gasteiger partial charge in [0.05, 0.1) is 10.9 Å². The smallest absolute Gasteiger partial charge is 0.241 e. The van der Waals surface area contributed by atoms with Crippen LogP contribution < -0.4 is 10.5 Å². The summed E-state index contributed by atoms with van der Waals surface area (Å²) in [6.07, 6.45) is 0.961. The molecule has 0 aliphatic carbocycles. The van der Waals surface area contributed by atoms with Crippen LogP contribution in [0.25, 0.3) is 0 Å². The minimum atomic E-state index is -4.04. The van der Waals surface area contributed by atoms with E-state index < -0.39 is 32.6 Å². The van der Waals surface area contributed by atoms with Crippen LogP contribution in [0.15, 0.2) is 23.1 Å². The highest BCUT2D eigenvalue weighted by Gasteiger charge is 2.22. The standard InChI is InChI=1S/C11H15F2N3O2S/c1-2-3-10(11(14)15)16-19(17,18)7-4-5-8(12)9(13)6-7/h4-6,10,16H,2-3H2,1H3,(H3,14,15). The summed E-state index contributed by atoms with van der Waals surface area (Å²) in [6, 6.07) is 1.40. The largest absolute Gasteiger partial charge is 0.386 e. The van der Waals surface area contributed by atoms with E-state index in [1.54, 1.807) is 0 Å². The van der Waals surface area contributed by atoms with Gasteiger partial charge in [0.2, 0.25) is 10.0 Å². The van der Waals surface area contributed by atoms with E-state index in [0.29, 0.717) is 18.9 Å². The molecule has 1 aromatic rings. The van der Waals surface area contributed by atoms with Crippen LogP contribution in [-0.2, 0) is 10.0 Å². The molecule has 0 spiro atoms. The average molecular weight is 291 g/mol. The Bertz CT molecular complexity index is 575. The molecule has 0 saturated carbocycles. The summed E-state index contributed by atoms with van der Waals surface area (Å²) in [6.45, 7) is 1.81. The molecule has 1 rings (SSSR count). The number of hydrogen-bond donors (Lipinski definition) is 3. The molecule has 0 aliphatic heterocycles. The first-order valence-corrected chi connectivity index (χ1v) is 7.07. The van der Waals surface area contributed by atoms with Gasteiger partial charge < -0.3 is 5.73 Å². The molecular formula is C11H15F2N3O2S.